The van der Waals surface area contributed by atoms with E-state index in [1.54, 1.807) is 0 Å². The normalized spacial score (nSPS) is 13.1. The zero-order valence-electron chi connectivity index (χ0n) is 11.3. The number of aryl methyl sites for hydroxylation is 2. The molecule has 1 N–H and O–H groups in total. The summed E-state index contributed by atoms with van der Waals surface area (Å²) in [5.41, 5.74) is 4.21. The van der Waals surface area contributed by atoms with E-state index in [2.05, 4.69) is 58.3 Å². The van der Waals surface area contributed by atoms with Gasteiger partial charge in [-0.05, 0) is 50.8 Å². The van der Waals surface area contributed by atoms with Gasteiger partial charge in [0.05, 0.1) is 0 Å². The van der Waals surface area contributed by atoms with Crippen LogP contribution < -0.4 is 5.32 Å². The zero-order valence-corrected chi connectivity index (χ0v) is 11.3. The Bertz CT molecular complexity index is 328. The predicted octanol–water partition coefficient (Wildman–Crippen LogP) is 4.00. The molecule has 0 bridgehead atoms. The van der Waals surface area contributed by atoms with Gasteiger partial charge in [0.2, 0.25) is 0 Å². The Morgan fingerprint density at radius 1 is 1.12 bits per heavy atom. The molecule has 1 heteroatoms. The summed E-state index contributed by atoms with van der Waals surface area (Å²) in [5.74, 6) is 0.779. The van der Waals surface area contributed by atoms with Gasteiger partial charge in [-0.2, -0.15) is 0 Å². The Balaban J connectivity index is 2.78. The Morgan fingerprint density at radius 2 is 1.81 bits per heavy atom. The first-order chi connectivity index (χ1) is 7.54. The van der Waals surface area contributed by atoms with Gasteiger partial charge >= 0.3 is 0 Å². The summed E-state index contributed by atoms with van der Waals surface area (Å²) in [6.45, 7) is 8.94. The fraction of sp³-hybridized carbons (Fsp3) is 0.600. The van der Waals surface area contributed by atoms with E-state index in [0.717, 1.165) is 5.92 Å². The summed E-state index contributed by atoms with van der Waals surface area (Å²) in [6, 6.07) is 7.26. The van der Waals surface area contributed by atoms with Crippen molar-refractivity contribution in [1.29, 1.82) is 0 Å². The van der Waals surface area contributed by atoms with Crippen molar-refractivity contribution in [1.82, 2.24) is 5.32 Å². The summed E-state index contributed by atoms with van der Waals surface area (Å²) in [6.07, 6.45) is 2.50. The molecule has 0 fully saturated rings. The van der Waals surface area contributed by atoms with Crippen molar-refractivity contribution in [2.75, 3.05) is 7.05 Å². The minimum absolute atomic E-state index is 0.503. The van der Waals surface area contributed by atoms with Gasteiger partial charge in [0.1, 0.15) is 0 Å². The van der Waals surface area contributed by atoms with Crippen LogP contribution >= 0.6 is 0 Å². The van der Waals surface area contributed by atoms with Gasteiger partial charge in [0.25, 0.3) is 0 Å². The minimum atomic E-state index is 0.503. The third-order valence-electron chi connectivity index (χ3n) is 3.18. The molecule has 1 aromatic rings. The summed E-state index contributed by atoms with van der Waals surface area (Å²) < 4.78 is 0. The molecule has 1 aromatic carbocycles. The third kappa shape index (κ3) is 3.64. The van der Waals surface area contributed by atoms with Crippen LogP contribution in [0.3, 0.4) is 0 Å². The molecule has 0 aliphatic heterocycles. The molecular formula is C15H25N. The molecule has 1 nitrogen and oxygen atoms in total. The highest BCUT2D eigenvalue weighted by molar-refractivity contribution is 5.32. The van der Waals surface area contributed by atoms with Gasteiger partial charge in [0, 0.05) is 6.04 Å². The van der Waals surface area contributed by atoms with Gasteiger partial charge in [-0.1, -0.05) is 37.6 Å². The fourth-order valence-electron chi connectivity index (χ4n) is 2.17. The topological polar surface area (TPSA) is 12.0 Å². The van der Waals surface area contributed by atoms with E-state index < -0.39 is 0 Å². The molecule has 1 atom stereocenters. The van der Waals surface area contributed by atoms with E-state index in [9.17, 15) is 0 Å². The average molecular weight is 219 g/mol. The smallest absolute Gasteiger partial charge is 0.0320 e. The zero-order chi connectivity index (χ0) is 12.1. The number of hydrogen-bond donors (Lipinski definition) is 1. The average Bonchev–Trinajstić information content (AvgIpc) is 2.21. The molecule has 0 saturated heterocycles. The first-order valence-corrected chi connectivity index (χ1v) is 6.29. The second kappa shape index (κ2) is 6.05. The van der Waals surface area contributed by atoms with Gasteiger partial charge in [-0.15, -0.1) is 0 Å². The summed E-state index contributed by atoms with van der Waals surface area (Å²) in [7, 11) is 2.06. The lowest BCUT2D eigenvalue weighted by Crippen LogP contribution is -2.18. The molecule has 0 heterocycles. The third-order valence-corrected chi connectivity index (χ3v) is 3.18. The minimum Gasteiger partial charge on any atom is -0.313 e. The molecule has 0 aliphatic rings. The van der Waals surface area contributed by atoms with Gasteiger partial charge < -0.3 is 5.32 Å². The van der Waals surface area contributed by atoms with Crippen molar-refractivity contribution >= 4 is 0 Å². The molecule has 90 valence electrons. The molecule has 0 saturated carbocycles. The van der Waals surface area contributed by atoms with Crippen molar-refractivity contribution in [3.63, 3.8) is 0 Å². The number of nitrogens with one attached hydrogen (secondary N) is 1. The lowest BCUT2D eigenvalue weighted by Gasteiger charge is -2.20. The van der Waals surface area contributed by atoms with Crippen LogP contribution in [0.15, 0.2) is 18.2 Å². The van der Waals surface area contributed by atoms with E-state index in [0.29, 0.717) is 6.04 Å². The molecule has 0 radical (unpaired) electrons. The first kappa shape index (κ1) is 13.2. The fourth-order valence-corrected chi connectivity index (χ4v) is 2.17. The maximum Gasteiger partial charge on any atom is 0.0320 e. The van der Waals surface area contributed by atoms with E-state index in [4.69, 9.17) is 0 Å². The molecular weight excluding hydrogens is 194 g/mol. The molecule has 1 unspecified atom stereocenters. The largest absolute Gasteiger partial charge is 0.313 e. The molecule has 1 rings (SSSR count). The predicted molar refractivity (Wildman–Crippen MR) is 71.8 cm³/mol. The van der Waals surface area contributed by atoms with Gasteiger partial charge in [-0.3, -0.25) is 0 Å². The molecule has 16 heavy (non-hydrogen) atoms. The van der Waals surface area contributed by atoms with Crippen LogP contribution in [0.25, 0.3) is 0 Å². The van der Waals surface area contributed by atoms with E-state index in [-0.39, 0.29) is 0 Å². The van der Waals surface area contributed by atoms with Crippen molar-refractivity contribution in [2.24, 2.45) is 5.92 Å². The summed E-state index contributed by atoms with van der Waals surface area (Å²) in [4.78, 5) is 0. The Labute approximate surface area is 100 Å². The van der Waals surface area contributed by atoms with Crippen LogP contribution in [-0.4, -0.2) is 7.05 Å². The van der Waals surface area contributed by atoms with Crippen LogP contribution in [0.1, 0.15) is 49.4 Å². The Kier molecular flexibility index (Phi) is 5.01. The highest BCUT2D eigenvalue weighted by Crippen LogP contribution is 2.24. The van der Waals surface area contributed by atoms with Crippen LogP contribution in [0.2, 0.25) is 0 Å². The highest BCUT2D eigenvalue weighted by atomic mass is 14.9. The maximum absolute atomic E-state index is 3.43. The molecule has 0 aliphatic carbocycles. The van der Waals surface area contributed by atoms with E-state index in [1.807, 2.05) is 0 Å². The first-order valence-electron chi connectivity index (χ1n) is 6.29. The molecule has 0 amide bonds. The lowest BCUT2D eigenvalue weighted by molar-refractivity contribution is 0.463. The summed E-state index contributed by atoms with van der Waals surface area (Å²) in [5, 5.41) is 3.43. The SMILES string of the molecule is CNC(CCC(C)C)c1ccc(C)cc1C. The van der Waals surface area contributed by atoms with Crippen LogP contribution in [0.4, 0.5) is 0 Å². The standard InChI is InChI=1S/C15H25N/c1-11(2)6-9-15(16-5)14-8-7-12(3)10-13(14)4/h7-8,10-11,15-16H,6,9H2,1-5H3. The Hall–Kier alpha value is -0.820. The van der Waals surface area contributed by atoms with Crippen LogP contribution in [0.5, 0.6) is 0 Å². The second-order valence-corrected chi connectivity index (χ2v) is 5.17. The second-order valence-electron chi connectivity index (χ2n) is 5.17. The van der Waals surface area contributed by atoms with Gasteiger partial charge in [-0.25, -0.2) is 0 Å². The number of hydrogen-bond acceptors (Lipinski definition) is 1. The van der Waals surface area contributed by atoms with Crippen molar-refractivity contribution < 1.29 is 0 Å². The molecule has 0 spiro atoms. The Morgan fingerprint density at radius 3 is 2.31 bits per heavy atom. The van der Waals surface area contributed by atoms with Crippen molar-refractivity contribution in [3.8, 4) is 0 Å². The van der Waals surface area contributed by atoms with Crippen LogP contribution in [-0.2, 0) is 0 Å². The van der Waals surface area contributed by atoms with E-state index in [1.165, 1.54) is 29.5 Å². The van der Waals surface area contributed by atoms with Crippen molar-refractivity contribution in [2.45, 2.75) is 46.6 Å². The molecule has 0 aromatic heterocycles. The van der Waals surface area contributed by atoms with Gasteiger partial charge in [0.15, 0.2) is 0 Å². The van der Waals surface area contributed by atoms with E-state index >= 15 is 0 Å². The summed E-state index contributed by atoms with van der Waals surface area (Å²) >= 11 is 0. The monoisotopic (exact) mass is 219 g/mol. The van der Waals surface area contributed by atoms with Crippen LogP contribution in [0, 0.1) is 19.8 Å². The highest BCUT2D eigenvalue weighted by Gasteiger charge is 2.12. The number of benzene rings is 1. The lowest BCUT2D eigenvalue weighted by atomic mass is 9.94. The quantitative estimate of drug-likeness (QED) is 0.789. The van der Waals surface area contributed by atoms with Crippen molar-refractivity contribution in [3.05, 3.63) is 34.9 Å². The maximum atomic E-state index is 3.43. The number of rotatable bonds is 5.